The first-order valence-electron chi connectivity index (χ1n) is 10.8. The number of rotatable bonds is 4. The molecule has 1 amide bonds. The van der Waals surface area contributed by atoms with Crippen molar-refractivity contribution in [1.82, 2.24) is 9.55 Å². The maximum atomic E-state index is 13.2. The molecule has 1 aliphatic heterocycles. The Kier molecular flexibility index (Phi) is 5.27. The monoisotopic (exact) mass is 418 g/mol. The lowest BCUT2D eigenvalue weighted by atomic mass is 9.95. The molecule has 156 valence electrons. The fraction of sp³-hybridized carbons (Fsp3) is 0.148. The van der Waals surface area contributed by atoms with Crippen LogP contribution in [-0.4, -0.2) is 15.5 Å². The number of hydrogen-bond donors (Lipinski definition) is 1. The van der Waals surface area contributed by atoms with Gasteiger partial charge in [-0.15, -0.1) is 0 Å². The van der Waals surface area contributed by atoms with Gasteiger partial charge in [-0.05, 0) is 42.7 Å². The van der Waals surface area contributed by atoms with Crippen LogP contribution >= 0.6 is 0 Å². The number of carbonyl (C=O) groups is 1. The third-order valence-corrected chi connectivity index (χ3v) is 5.83. The summed E-state index contributed by atoms with van der Waals surface area (Å²) in [5.41, 5.74) is 5.17. The summed E-state index contributed by atoms with van der Waals surface area (Å²) >= 11 is 0. The molecule has 2 heterocycles. The lowest BCUT2D eigenvalue weighted by molar-refractivity contribution is 0.102. The molecule has 0 radical (unpaired) electrons. The molecule has 0 saturated heterocycles. The summed E-state index contributed by atoms with van der Waals surface area (Å²) in [5, 5.41) is 12.5. The van der Waals surface area contributed by atoms with Crippen molar-refractivity contribution in [2.75, 3.05) is 5.32 Å². The Morgan fingerprint density at radius 2 is 1.78 bits per heavy atom. The average Bonchev–Trinajstić information content (AvgIpc) is 3.29. The number of aromatic nitrogens is 2. The van der Waals surface area contributed by atoms with Crippen molar-refractivity contribution in [3.63, 3.8) is 0 Å². The van der Waals surface area contributed by atoms with Gasteiger partial charge in [0, 0.05) is 41.5 Å². The van der Waals surface area contributed by atoms with Gasteiger partial charge in [0.05, 0.1) is 17.3 Å². The lowest BCUT2D eigenvalue weighted by Gasteiger charge is -2.12. The van der Waals surface area contributed by atoms with Crippen LogP contribution in [0.1, 0.15) is 34.6 Å². The summed E-state index contributed by atoms with van der Waals surface area (Å²) in [5.74, 6) is 0.917. The van der Waals surface area contributed by atoms with Gasteiger partial charge >= 0.3 is 0 Å². The van der Waals surface area contributed by atoms with Crippen molar-refractivity contribution in [2.45, 2.75) is 25.8 Å². The van der Waals surface area contributed by atoms with E-state index in [-0.39, 0.29) is 5.91 Å². The van der Waals surface area contributed by atoms with Crippen LogP contribution in [0.3, 0.4) is 0 Å². The number of fused-ring (bicyclic) bond motifs is 1. The van der Waals surface area contributed by atoms with E-state index in [1.165, 1.54) is 12.8 Å². The van der Waals surface area contributed by atoms with Gasteiger partial charge in [0.15, 0.2) is 0 Å². The average molecular weight is 419 g/mol. The molecule has 5 nitrogen and oxygen atoms in total. The molecule has 5 heteroatoms. The Balaban J connectivity index is 1.44. The van der Waals surface area contributed by atoms with Gasteiger partial charge in [-0.3, -0.25) is 4.79 Å². The second kappa shape index (κ2) is 8.52. The fourth-order valence-electron chi connectivity index (χ4n) is 4.24. The minimum absolute atomic E-state index is 0.213. The number of nitriles is 1. The zero-order valence-electron chi connectivity index (χ0n) is 17.6. The van der Waals surface area contributed by atoms with Crippen molar-refractivity contribution >= 4 is 11.6 Å². The minimum atomic E-state index is -0.213. The maximum Gasteiger partial charge on any atom is 0.256 e. The molecule has 1 aliphatic rings. The summed E-state index contributed by atoms with van der Waals surface area (Å²) in [6, 6.07) is 24.7. The van der Waals surface area contributed by atoms with E-state index < -0.39 is 0 Å². The van der Waals surface area contributed by atoms with Crippen LogP contribution in [0.15, 0.2) is 79.0 Å². The third kappa shape index (κ3) is 3.79. The van der Waals surface area contributed by atoms with Gasteiger partial charge in [0.1, 0.15) is 5.82 Å². The first-order chi connectivity index (χ1) is 15.7. The van der Waals surface area contributed by atoms with Crippen molar-refractivity contribution in [3.8, 4) is 28.5 Å². The van der Waals surface area contributed by atoms with Crippen LogP contribution in [0.25, 0.3) is 22.4 Å². The Bertz CT molecular complexity index is 1320. The standard InChI is InChI=1S/C27H22N4O/c28-17-20-8-1-2-11-22(20)23-12-3-4-13-24(23)27(32)29-21-10-7-9-19(16-21)25-18-31-15-6-5-14-26(31)30-25/h1-4,7-13,16,18H,5-6,14-15H2,(H,29,32). The Morgan fingerprint density at radius 3 is 2.62 bits per heavy atom. The highest BCUT2D eigenvalue weighted by Gasteiger charge is 2.16. The van der Waals surface area contributed by atoms with Gasteiger partial charge in [-0.1, -0.05) is 48.5 Å². The predicted octanol–water partition coefficient (Wildman–Crippen LogP) is 5.68. The topological polar surface area (TPSA) is 70.7 Å². The number of nitrogens with one attached hydrogen (secondary N) is 1. The molecular formula is C27H22N4O. The summed E-state index contributed by atoms with van der Waals surface area (Å²) < 4.78 is 2.23. The number of nitrogens with zero attached hydrogens (tertiary/aromatic N) is 3. The number of amides is 1. The van der Waals surface area contributed by atoms with Crippen molar-refractivity contribution < 1.29 is 4.79 Å². The third-order valence-electron chi connectivity index (χ3n) is 5.83. The first kappa shape index (κ1) is 19.8. The van der Waals surface area contributed by atoms with E-state index in [4.69, 9.17) is 4.98 Å². The molecular weight excluding hydrogens is 396 g/mol. The number of imidazole rings is 1. The van der Waals surface area contributed by atoms with Crippen LogP contribution in [0.4, 0.5) is 5.69 Å². The zero-order chi connectivity index (χ0) is 21.9. The van der Waals surface area contributed by atoms with Crippen molar-refractivity contribution in [3.05, 3.63) is 95.9 Å². The number of anilines is 1. The Labute approximate surface area is 187 Å². The van der Waals surface area contributed by atoms with E-state index in [9.17, 15) is 10.1 Å². The largest absolute Gasteiger partial charge is 0.334 e. The second-order valence-electron chi connectivity index (χ2n) is 7.93. The Hall–Kier alpha value is -4.17. The van der Waals surface area contributed by atoms with E-state index in [1.54, 1.807) is 12.1 Å². The van der Waals surface area contributed by atoms with Crippen LogP contribution in [0.2, 0.25) is 0 Å². The Morgan fingerprint density at radius 1 is 0.969 bits per heavy atom. The highest BCUT2D eigenvalue weighted by atomic mass is 16.1. The normalized spacial score (nSPS) is 12.6. The number of hydrogen-bond acceptors (Lipinski definition) is 3. The summed E-state index contributed by atoms with van der Waals surface area (Å²) in [6.07, 6.45) is 5.48. The molecule has 3 aromatic carbocycles. The number of carbonyl (C=O) groups excluding carboxylic acids is 1. The fourth-order valence-corrected chi connectivity index (χ4v) is 4.24. The molecule has 5 rings (SSSR count). The summed E-state index contributed by atoms with van der Waals surface area (Å²) in [7, 11) is 0. The summed E-state index contributed by atoms with van der Waals surface area (Å²) in [4.78, 5) is 18.0. The van der Waals surface area contributed by atoms with Crippen molar-refractivity contribution in [2.24, 2.45) is 0 Å². The molecule has 0 unspecified atom stereocenters. The maximum absolute atomic E-state index is 13.2. The molecule has 1 N–H and O–H groups in total. The minimum Gasteiger partial charge on any atom is -0.334 e. The molecule has 0 saturated carbocycles. The van der Waals surface area contributed by atoms with Gasteiger partial charge in [-0.25, -0.2) is 4.98 Å². The van der Waals surface area contributed by atoms with E-state index in [1.807, 2.05) is 60.7 Å². The predicted molar refractivity (Wildman–Crippen MR) is 125 cm³/mol. The van der Waals surface area contributed by atoms with E-state index in [0.29, 0.717) is 16.8 Å². The second-order valence-corrected chi connectivity index (χ2v) is 7.93. The molecule has 0 fully saturated rings. The van der Waals surface area contributed by atoms with Crippen molar-refractivity contribution in [1.29, 1.82) is 5.26 Å². The SMILES string of the molecule is N#Cc1ccccc1-c1ccccc1C(=O)Nc1cccc(-c2cn3c(n2)CCCC3)c1. The van der Waals surface area contributed by atoms with Gasteiger partial charge < -0.3 is 9.88 Å². The molecule has 0 atom stereocenters. The van der Waals surface area contributed by atoms with Gasteiger partial charge in [0.2, 0.25) is 0 Å². The molecule has 1 aromatic heterocycles. The lowest BCUT2D eigenvalue weighted by Crippen LogP contribution is -2.13. The van der Waals surface area contributed by atoms with Crippen LogP contribution < -0.4 is 5.32 Å². The first-order valence-corrected chi connectivity index (χ1v) is 10.8. The molecule has 0 bridgehead atoms. The van der Waals surface area contributed by atoms with E-state index in [0.717, 1.165) is 41.2 Å². The quantitative estimate of drug-likeness (QED) is 0.464. The molecule has 4 aromatic rings. The molecule has 32 heavy (non-hydrogen) atoms. The summed E-state index contributed by atoms with van der Waals surface area (Å²) in [6.45, 7) is 1.01. The van der Waals surface area contributed by atoms with Crippen LogP contribution in [-0.2, 0) is 13.0 Å². The molecule has 0 aliphatic carbocycles. The van der Waals surface area contributed by atoms with Gasteiger partial charge in [-0.2, -0.15) is 5.26 Å². The smallest absolute Gasteiger partial charge is 0.256 e. The van der Waals surface area contributed by atoms with Crippen LogP contribution in [0, 0.1) is 11.3 Å². The van der Waals surface area contributed by atoms with E-state index >= 15 is 0 Å². The highest BCUT2D eigenvalue weighted by molar-refractivity contribution is 6.09. The van der Waals surface area contributed by atoms with E-state index in [2.05, 4.69) is 22.1 Å². The zero-order valence-corrected chi connectivity index (χ0v) is 17.6. The molecule has 0 spiro atoms. The van der Waals surface area contributed by atoms with Gasteiger partial charge in [0.25, 0.3) is 5.91 Å². The number of aryl methyl sites for hydroxylation is 2. The highest BCUT2D eigenvalue weighted by Crippen LogP contribution is 2.29. The number of benzene rings is 3. The van der Waals surface area contributed by atoms with Crippen LogP contribution in [0.5, 0.6) is 0 Å².